The Kier molecular flexibility index (Phi) is 4.39. The number of aromatic nitrogens is 2. The van der Waals surface area contributed by atoms with E-state index < -0.39 is 11.7 Å². The molecular weight excluding hydrogens is 281 g/mol. The van der Waals surface area contributed by atoms with Gasteiger partial charge in [0.05, 0.1) is 16.6 Å². The average molecular weight is 296 g/mol. The lowest BCUT2D eigenvalue weighted by Crippen LogP contribution is -2.29. The number of benzene rings is 1. The summed E-state index contributed by atoms with van der Waals surface area (Å²) in [7, 11) is 0. The lowest BCUT2D eigenvalue weighted by atomic mass is 10.1. The molecule has 0 bridgehead atoms. The molecule has 2 N–H and O–H groups in total. The van der Waals surface area contributed by atoms with Crippen LogP contribution in [-0.4, -0.2) is 15.9 Å². The van der Waals surface area contributed by atoms with Crippen LogP contribution in [0.15, 0.2) is 24.4 Å². The summed E-state index contributed by atoms with van der Waals surface area (Å²) >= 11 is 5.68. The SMILES string of the molecule is CCC(NC(=O)c1cccc(Cl)c1F)c1ncc(C)[nH]1. The molecule has 0 fully saturated rings. The highest BCUT2D eigenvalue weighted by Crippen LogP contribution is 2.19. The number of H-pyrrole nitrogens is 1. The zero-order valence-corrected chi connectivity index (χ0v) is 12.0. The zero-order chi connectivity index (χ0) is 14.7. The number of carbonyl (C=O) groups excluding carboxylic acids is 1. The number of hydrogen-bond donors (Lipinski definition) is 2. The Labute approximate surface area is 121 Å². The molecule has 106 valence electrons. The smallest absolute Gasteiger partial charge is 0.254 e. The van der Waals surface area contributed by atoms with Crippen LogP contribution in [0, 0.1) is 12.7 Å². The summed E-state index contributed by atoms with van der Waals surface area (Å²) in [6.07, 6.45) is 2.32. The average Bonchev–Trinajstić information content (AvgIpc) is 2.85. The molecule has 0 saturated carbocycles. The molecular formula is C14H15ClFN3O. The molecule has 20 heavy (non-hydrogen) atoms. The van der Waals surface area contributed by atoms with Crippen LogP contribution < -0.4 is 5.32 Å². The molecule has 1 atom stereocenters. The van der Waals surface area contributed by atoms with Gasteiger partial charge in [-0.2, -0.15) is 0 Å². The highest BCUT2D eigenvalue weighted by molar-refractivity contribution is 6.31. The Balaban J connectivity index is 2.19. The van der Waals surface area contributed by atoms with E-state index in [0.717, 1.165) is 5.69 Å². The van der Waals surface area contributed by atoms with Crippen molar-refractivity contribution in [2.24, 2.45) is 0 Å². The minimum atomic E-state index is -0.711. The van der Waals surface area contributed by atoms with Gasteiger partial charge in [-0.3, -0.25) is 4.79 Å². The molecule has 0 aliphatic heterocycles. The van der Waals surface area contributed by atoms with Crippen LogP contribution in [0.1, 0.15) is 41.3 Å². The zero-order valence-electron chi connectivity index (χ0n) is 11.2. The van der Waals surface area contributed by atoms with Gasteiger partial charge in [0.2, 0.25) is 0 Å². The second-order valence-corrected chi connectivity index (χ2v) is 4.89. The van der Waals surface area contributed by atoms with Crippen LogP contribution in [0.5, 0.6) is 0 Å². The van der Waals surface area contributed by atoms with Crippen molar-refractivity contribution in [1.29, 1.82) is 0 Å². The number of imidazole rings is 1. The molecule has 6 heteroatoms. The van der Waals surface area contributed by atoms with Crippen molar-refractivity contribution < 1.29 is 9.18 Å². The first kappa shape index (κ1) is 14.5. The quantitative estimate of drug-likeness (QED) is 0.908. The summed E-state index contributed by atoms with van der Waals surface area (Å²) in [6, 6.07) is 4.05. The van der Waals surface area contributed by atoms with Gasteiger partial charge in [0.15, 0.2) is 5.82 Å². The van der Waals surface area contributed by atoms with Crippen molar-refractivity contribution in [1.82, 2.24) is 15.3 Å². The Morgan fingerprint density at radius 2 is 2.30 bits per heavy atom. The van der Waals surface area contributed by atoms with Crippen molar-refractivity contribution in [2.45, 2.75) is 26.3 Å². The summed E-state index contributed by atoms with van der Waals surface area (Å²) in [4.78, 5) is 19.4. The molecule has 0 spiro atoms. The fourth-order valence-corrected chi connectivity index (χ4v) is 2.06. The van der Waals surface area contributed by atoms with Gasteiger partial charge >= 0.3 is 0 Å². The first-order valence-electron chi connectivity index (χ1n) is 6.29. The van der Waals surface area contributed by atoms with Crippen LogP contribution in [0.4, 0.5) is 4.39 Å². The second kappa shape index (κ2) is 6.05. The predicted octanol–water partition coefficient (Wildman–Crippen LogP) is 3.39. The van der Waals surface area contributed by atoms with Crippen molar-refractivity contribution in [3.8, 4) is 0 Å². The first-order valence-corrected chi connectivity index (χ1v) is 6.67. The van der Waals surface area contributed by atoms with E-state index in [0.29, 0.717) is 12.2 Å². The topological polar surface area (TPSA) is 57.8 Å². The number of aromatic amines is 1. The number of halogens is 2. The maximum Gasteiger partial charge on any atom is 0.254 e. The molecule has 1 aromatic heterocycles. The Hall–Kier alpha value is -1.88. The van der Waals surface area contributed by atoms with E-state index >= 15 is 0 Å². The molecule has 1 aromatic carbocycles. The lowest BCUT2D eigenvalue weighted by Gasteiger charge is -2.15. The third-order valence-corrected chi connectivity index (χ3v) is 3.25. The van der Waals surface area contributed by atoms with Gasteiger partial charge in [0.25, 0.3) is 5.91 Å². The van der Waals surface area contributed by atoms with Crippen molar-refractivity contribution in [2.75, 3.05) is 0 Å². The molecule has 1 amide bonds. The molecule has 4 nitrogen and oxygen atoms in total. The summed E-state index contributed by atoms with van der Waals surface area (Å²) in [6.45, 7) is 3.79. The lowest BCUT2D eigenvalue weighted by molar-refractivity contribution is 0.0929. The van der Waals surface area contributed by atoms with Gasteiger partial charge < -0.3 is 10.3 Å². The minimum absolute atomic E-state index is 0.0699. The van der Waals surface area contributed by atoms with Crippen LogP contribution in [0.25, 0.3) is 0 Å². The van der Waals surface area contributed by atoms with Gasteiger partial charge in [-0.1, -0.05) is 24.6 Å². The molecule has 1 heterocycles. The van der Waals surface area contributed by atoms with Crippen molar-refractivity contribution in [3.05, 3.63) is 52.3 Å². The second-order valence-electron chi connectivity index (χ2n) is 4.49. The third-order valence-electron chi connectivity index (χ3n) is 2.96. The number of aryl methyl sites for hydroxylation is 1. The Morgan fingerprint density at radius 3 is 2.90 bits per heavy atom. The van der Waals surface area contributed by atoms with Gasteiger partial charge in [0, 0.05) is 11.9 Å². The van der Waals surface area contributed by atoms with E-state index in [9.17, 15) is 9.18 Å². The Morgan fingerprint density at radius 1 is 1.55 bits per heavy atom. The van der Waals surface area contributed by atoms with Crippen LogP contribution in [0.2, 0.25) is 5.02 Å². The normalized spacial score (nSPS) is 12.2. The minimum Gasteiger partial charge on any atom is -0.344 e. The summed E-state index contributed by atoms with van der Waals surface area (Å²) in [5.74, 6) is -0.566. The highest BCUT2D eigenvalue weighted by atomic mass is 35.5. The monoisotopic (exact) mass is 295 g/mol. The van der Waals surface area contributed by atoms with E-state index in [1.54, 1.807) is 6.20 Å². The van der Waals surface area contributed by atoms with E-state index in [-0.39, 0.29) is 16.6 Å². The molecule has 1 unspecified atom stereocenters. The number of amides is 1. The number of carbonyl (C=O) groups is 1. The fourth-order valence-electron chi connectivity index (χ4n) is 1.89. The predicted molar refractivity (Wildman–Crippen MR) is 75.2 cm³/mol. The summed E-state index contributed by atoms with van der Waals surface area (Å²) in [5.41, 5.74) is 0.834. The first-order chi connectivity index (χ1) is 9.52. The molecule has 0 saturated heterocycles. The number of hydrogen-bond acceptors (Lipinski definition) is 2. The van der Waals surface area contributed by atoms with E-state index in [2.05, 4.69) is 15.3 Å². The van der Waals surface area contributed by atoms with Gasteiger partial charge in [-0.15, -0.1) is 0 Å². The van der Waals surface area contributed by atoms with Gasteiger partial charge in [0.1, 0.15) is 5.82 Å². The van der Waals surface area contributed by atoms with Crippen LogP contribution in [-0.2, 0) is 0 Å². The largest absolute Gasteiger partial charge is 0.344 e. The van der Waals surface area contributed by atoms with E-state index in [1.165, 1.54) is 18.2 Å². The van der Waals surface area contributed by atoms with Crippen LogP contribution >= 0.6 is 11.6 Å². The van der Waals surface area contributed by atoms with E-state index in [1.807, 2.05) is 13.8 Å². The maximum atomic E-state index is 13.8. The molecule has 2 aromatic rings. The van der Waals surface area contributed by atoms with E-state index in [4.69, 9.17) is 11.6 Å². The maximum absolute atomic E-state index is 13.8. The standard InChI is InChI=1S/C14H15ClFN3O/c1-3-11(13-17-7-8(2)18-13)19-14(20)9-5-4-6-10(15)12(9)16/h4-7,11H,3H2,1-2H3,(H,17,18)(H,19,20). The fraction of sp³-hybridized carbons (Fsp3) is 0.286. The van der Waals surface area contributed by atoms with Crippen molar-refractivity contribution >= 4 is 17.5 Å². The third kappa shape index (κ3) is 2.99. The van der Waals surface area contributed by atoms with Crippen LogP contribution in [0.3, 0.4) is 0 Å². The molecule has 0 aliphatic rings. The van der Waals surface area contributed by atoms with Gasteiger partial charge in [-0.25, -0.2) is 9.37 Å². The summed E-state index contributed by atoms with van der Waals surface area (Å²) in [5, 5.41) is 2.68. The highest BCUT2D eigenvalue weighted by Gasteiger charge is 2.19. The molecule has 0 aliphatic carbocycles. The van der Waals surface area contributed by atoms with Crippen molar-refractivity contribution in [3.63, 3.8) is 0 Å². The Bertz CT molecular complexity index is 627. The summed E-state index contributed by atoms with van der Waals surface area (Å²) < 4.78 is 13.8. The number of nitrogens with zero attached hydrogens (tertiary/aromatic N) is 1. The number of rotatable bonds is 4. The number of nitrogens with one attached hydrogen (secondary N) is 2. The molecule has 0 radical (unpaired) electrons. The van der Waals surface area contributed by atoms with Gasteiger partial charge in [-0.05, 0) is 25.5 Å². The molecule has 2 rings (SSSR count).